The van der Waals surface area contributed by atoms with Crippen LogP contribution in [0.25, 0.3) is 21.9 Å². The number of para-hydroxylation sites is 1. The van der Waals surface area contributed by atoms with Crippen LogP contribution < -0.4 is 3.07 Å². The van der Waals surface area contributed by atoms with E-state index in [-0.39, 0.29) is 0 Å². The predicted molar refractivity (Wildman–Crippen MR) is 99.0 cm³/mol. The number of hydrogen-bond acceptors (Lipinski definition) is 4. The molecule has 0 bridgehead atoms. The van der Waals surface area contributed by atoms with Gasteiger partial charge in [0.15, 0.2) is 5.65 Å². The van der Waals surface area contributed by atoms with Crippen molar-refractivity contribution in [3.05, 3.63) is 64.8 Å². The van der Waals surface area contributed by atoms with Crippen LogP contribution in [0.4, 0.5) is 0 Å². The van der Waals surface area contributed by atoms with Crippen molar-refractivity contribution in [3.63, 3.8) is 0 Å². The van der Waals surface area contributed by atoms with Gasteiger partial charge in [-0.3, -0.25) is 4.98 Å². The third-order valence-corrected chi connectivity index (χ3v) is 6.16. The van der Waals surface area contributed by atoms with Gasteiger partial charge in [0.2, 0.25) is 0 Å². The van der Waals surface area contributed by atoms with E-state index >= 15 is 0 Å². The first-order valence-electron chi connectivity index (χ1n) is 7.31. The van der Waals surface area contributed by atoms with Crippen LogP contribution in [-0.4, -0.2) is 15.0 Å². The smallest absolute Gasteiger partial charge is 0.161 e. The van der Waals surface area contributed by atoms with E-state index in [9.17, 15) is 0 Å². The summed E-state index contributed by atoms with van der Waals surface area (Å²) in [6.45, 7) is 2.05. The van der Waals surface area contributed by atoms with Crippen molar-refractivity contribution in [2.24, 2.45) is 0 Å². The minimum absolute atomic E-state index is 0.342. The van der Waals surface area contributed by atoms with Gasteiger partial charge in [-0.2, -0.15) is 0 Å². The maximum Gasteiger partial charge on any atom is 0.161 e. The Bertz CT molecular complexity index is 985. The zero-order chi connectivity index (χ0) is 17.1. The Labute approximate surface area is 170 Å². The molecule has 4 rings (SSSR count). The molecule has 0 spiro atoms. The normalized spacial score (nSPS) is 10.5. The monoisotopic (exact) mass is 583 g/mol. The summed E-state index contributed by atoms with van der Waals surface area (Å²) in [7, 11) is 0. The van der Waals surface area contributed by atoms with Crippen molar-refractivity contribution in [1.29, 1.82) is 0 Å². The van der Waals surface area contributed by atoms with Crippen molar-refractivity contribution in [3.8, 4) is 0 Å². The summed E-state index contributed by atoms with van der Waals surface area (Å²) in [6.07, 6.45) is 1.75. The number of nitrogens with zero attached hydrogens (tertiary/aromatic N) is 3. The summed E-state index contributed by atoms with van der Waals surface area (Å²) in [4.78, 5) is 12.7. The Morgan fingerprint density at radius 2 is 1.67 bits per heavy atom. The molecule has 0 radical (unpaired) electrons. The summed E-state index contributed by atoms with van der Waals surface area (Å²) in [6, 6.07) is 16.5. The topological polar surface area (TPSA) is 38.7 Å². The fourth-order valence-electron chi connectivity index (χ4n) is 2.34. The van der Waals surface area contributed by atoms with Gasteiger partial charge in [0.1, 0.15) is 0 Å². The third kappa shape index (κ3) is 4.07. The molecule has 0 amide bonds. The van der Waals surface area contributed by atoms with Crippen molar-refractivity contribution in [2.45, 2.75) is 12.1 Å². The fraction of sp³-hybridized carbons (Fsp3) is 0.0556. The van der Waals surface area contributed by atoms with Crippen molar-refractivity contribution < 1.29 is 26.1 Å². The van der Waals surface area contributed by atoms with Crippen LogP contribution in [0.3, 0.4) is 0 Å². The van der Waals surface area contributed by atoms with Gasteiger partial charge in [-0.05, 0) is 18.6 Å². The fourth-order valence-corrected chi connectivity index (χ4v) is 3.66. The Hall–Kier alpha value is -1.17. The maximum absolute atomic E-state index is 4.94. The molecular formula is C18H12BrHgN3S. The number of hydrogen-bond donors (Lipinski definition) is 0. The largest absolute Gasteiger partial charge is 0.740 e. The van der Waals surface area contributed by atoms with E-state index in [1.54, 1.807) is 6.20 Å². The van der Waals surface area contributed by atoms with Gasteiger partial charge in [0.05, 0.1) is 5.52 Å². The van der Waals surface area contributed by atoms with E-state index in [4.69, 9.17) is 12.6 Å². The van der Waals surface area contributed by atoms with Gasteiger partial charge in [0, 0.05) is 22.1 Å². The molecule has 0 aliphatic heterocycles. The molecule has 4 aromatic rings. The molecule has 0 aliphatic carbocycles. The molecule has 0 saturated carbocycles. The van der Waals surface area contributed by atoms with E-state index in [1.807, 2.05) is 18.2 Å². The number of halogens is 1. The second-order valence-electron chi connectivity index (χ2n) is 5.27. The molecule has 0 aliphatic rings. The summed E-state index contributed by atoms with van der Waals surface area (Å²) in [5.74, 6) is 0. The molecule has 0 fully saturated rings. The van der Waals surface area contributed by atoms with Crippen LogP contribution in [-0.2, 0) is 38.8 Å². The van der Waals surface area contributed by atoms with Crippen LogP contribution in [0, 0.1) is 6.92 Å². The number of aryl methyl sites for hydroxylation is 1. The molecule has 24 heavy (non-hydrogen) atoms. The first-order chi connectivity index (χ1) is 11.5. The SMILES string of the molecule is Brc1cc[c]([Hg+])cc1.Cc1c2ccccc2nc2nc([S-])ncc12. The molecule has 0 N–H and O–H groups in total. The Balaban J connectivity index is 0.000000179. The predicted octanol–water partition coefficient (Wildman–Crippen LogP) is 4.01. The van der Waals surface area contributed by atoms with E-state index in [2.05, 4.69) is 68.1 Å². The van der Waals surface area contributed by atoms with E-state index in [0.29, 0.717) is 10.8 Å². The van der Waals surface area contributed by atoms with Crippen LogP contribution in [0.5, 0.6) is 0 Å². The molecule has 0 saturated heterocycles. The van der Waals surface area contributed by atoms with Crippen LogP contribution in [0.2, 0.25) is 0 Å². The van der Waals surface area contributed by atoms with Gasteiger partial charge in [-0.15, -0.1) is 0 Å². The van der Waals surface area contributed by atoms with Crippen LogP contribution >= 0.6 is 15.9 Å². The molecule has 6 heteroatoms. The van der Waals surface area contributed by atoms with Crippen molar-refractivity contribution in [2.75, 3.05) is 0 Å². The molecule has 2 aromatic carbocycles. The molecule has 114 valence electrons. The number of benzene rings is 2. The number of rotatable bonds is 0. The average molecular weight is 583 g/mol. The van der Waals surface area contributed by atoms with E-state index in [0.717, 1.165) is 48.0 Å². The minimum atomic E-state index is 0.342. The second-order valence-corrected chi connectivity index (χ2v) is 9.73. The third-order valence-electron chi connectivity index (χ3n) is 3.60. The molecule has 2 aromatic heterocycles. The summed E-state index contributed by atoms with van der Waals surface area (Å²) in [5.41, 5.74) is 2.77. The number of pyridine rings is 1. The summed E-state index contributed by atoms with van der Waals surface area (Å²) < 4.78 is 2.67. The zero-order valence-corrected chi connectivity index (χ0v) is 20.9. The Morgan fingerprint density at radius 3 is 2.38 bits per heavy atom. The number of aromatic nitrogens is 3. The van der Waals surface area contributed by atoms with Crippen molar-refractivity contribution in [1.82, 2.24) is 15.0 Å². The molecule has 3 nitrogen and oxygen atoms in total. The van der Waals surface area contributed by atoms with E-state index in [1.165, 1.54) is 7.54 Å². The standard InChI is InChI=1S/C12H9N3S.C6H4Br.Hg/c1-7-8-4-2-3-5-10(8)14-11-9(7)6-13-12(16)15-11;7-6-4-2-1-3-5-6;/h2-6H,1H3,(H,13,14,15,16);2-5H;/q;;+1/p-1. The van der Waals surface area contributed by atoms with Crippen LogP contribution in [0.1, 0.15) is 5.56 Å². The van der Waals surface area contributed by atoms with Gasteiger partial charge in [-0.1, -0.05) is 18.2 Å². The zero-order valence-electron chi connectivity index (χ0n) is 13.0. The van der Waals surface area contributed by atoms with Gasteiger partial charge in [0.25, 0.3) is 0 Å². The molecular weight excluding hydrogens is 571 g/mol. The minimum Gasteiger partial charge on any atom is -0.740 e. The Kier molecular flexibility index (Phi) is 5.74. The quantitative estimate of drug-likeness (QED) is 0.136. The van der Waals surface area contributed by atoms with Gasteiger partial charge in [-0.25, -0.2) is 9.97 Å². The van der Waals surface area contributed by atoms with Gasteiger partial charge >= 0.3 is 73.9 Å². The first kappa shape index (κ1) is 17.6. The van der Waals surface area contributed by atoms with Crippen molar-refractivity contribution >= 4 is 53.6 Å². The molecule has 2 heterocycles. The average Bonchev–Trinajstić information content (AvgIpc) is 2.58. The first-order valence-corrected chi connectivity index (χ1v) is 11.3. The Morgan fingerprint density at radius 1 is 0.958 bits per heavy atom. The van der Waals surface area contributed by atoms with Crippen LogP contribution in [0.15, 0.2) is 64.4 Å². The summed E-state index contributed by atoms with van der Waals surface area (Å²) >= 11 is 9.09. The van der Waals surface area contributed by atoms with Gasteiger partial charge < -0.3 is 12.6 Å². The second kappa shape index (κ2) is 7.80. The number of fused-ring (bicyclic) bond motifs is 2. The molecule has 0 atom stereocenters. The summed E-state index contributed by atoms with van der Waals surface area (Å²) in [5, 5.41) is 2.44. The van der Waals surface area contributed by atoms with E-state index < -0.39 is 0 Å². The maximum atomic E-state index is 4.94. The molecule has 0 unspecified atom stereocenters.